The first kappa shape index (κ1) is 28.2. The number of hydrogen-bond donors (Lipinski definition) is 0. The summed E-state index contributed by atoms with van der Waals surface area (Å²) in [6.07, 6.45) is 9.12. The second-order valence-corrected chi connectivity index (χ2v) is 14.6. The van der Waals surface area contributed by atoms with E-state index in [1.165, 1.54) is 7.11 Å². The number of methoxy groups -OCH3 is 1. The fourth-order valence-corrected chi connectivity index (χ4v) is 7.90. The highest BCUT2D eigenvalue weighted by Crippen LogP contribution is 2.40. The minimum absolute atomic E-state index is 0.0508. The summed E-state index contributed by atoms with van der Waals surface area (Å²) >= 11 is 0. The Kier molecular flexibility index (Phi) is 11.8. The molecular weight excluding hydrogens is 436 g/mol. The van der Waals surface area contributed by atoms with Crippen LogP contribution in [0.25, 0.3) is 0 Å². The van der Waals surface area contributed by atoms with E-state index in [9.17, 15) is 4.79 Å². The lowest BCUT2D eigenvalue weighted by molar-refractivity contribution is -0.198. The first-order valence-electron chi connectivity index (χ1n) is 12.6. The third-order valence-electron chi connectivity index (χ3n) is 6.50. The molecule has 1 heterocycles. The van der Waals surface area contributed by atoms with Gasteiger partial charge in [-0.1, -0.05) is 32.1 Å². The Morgan fingerprint density at radius 1 is 1.24 bits per heavy atom. The smallest absolute Gasteiger partial charge is 0.335 e. The Morgan fingerprint density at radius 2 is 2.00 bits per heavy atom. The van der Waals surface area contributed by atoms with Gasteiger partial charge in [0.2, 0.25) is 0 Å². The molecule has 6 nitrogen and oxygen atoms in total. The fraction of sp³-hybridized carbons (Fsp3) is 0.808. The molecule has 0 amide bonds. The van der Waals surface area contributed by atoms with Gasteiger partial charge < -0.3 is 23.4 Å². The van der Waals surface area contributed by atoms with Gasteiger partial charge in [-0.2, -0.15) is 0 Å². The van der Waals surface area contributed by atoms with Crippen molar-refractivity contribution in [3.05, 3.63) is 24.8 Å². The van der Waals surface area contributed by atoms with Gasteiger partial charge in [0.05, 0.1) is 19.3 Å². The summed E-state index contributed by atoms with van der Waals surface area (Å²) in [4.78, 5) is 12.3. The quantitative estimate of drug-likeness (QED) is 0.196. The van der Waals surface area contributed by atoms with Gasteiger partial charge in [-0.15, -0.1) is 6.58 Å². The standard InChI is InChI=1S/C26H46O6Si/c1-8-12-20-21(17-30-33(6,7)18-19(3)4)24(32-25-14-10-11-15-29-25)16-23(20)31-22(13-9-2)26(27)28-5/h8-9,12,19-25H,2,10-11,13-18H2,1,3-7H3/t20-,21-,22-,23+,24-,25?/m1/s1. The Morgan fingerprint density at radius 3 is 2.58 bits per heavy atom. The van der Waals surface area contributed by atoms with Gasteiger partial charge in [0.25, 0.3) is 0 Å². The fourth-order valence-electron chi connectivity index (χ4n) is 5.17. The van der Waals surface area contributed by atoms with Crippen molar-refractivity contribution in [2.45, 2.75) is 96.6 Å². The van der Waals surface area contributed by atoms with Gasteiger partial charge >= 0.3 is 5.97 Å². The Balaban J connectivity index is 2.22. The first-order chi connectivity index (χ1) is 15.7. The third-order valence-corrected chi connectivity index (χ3v) is 9.24. The lowest BCUT2D eigenvalue weighted by Crippen LogP contribution is -2.39. The van der Waals surface area contributed by atoms with Crippen molar-refractivity contribution in [3.63, 3.8) is 0 Å². The van der Waals surface area contributed by atoms with Crippen molar-refractivity contribution in [1.29, 1.82) is 0 Å². The maximum Gasteiger partial charge on any atom is 0.335 e. The predicted molar refractivity (Wildman–Crippen MR) is 133 cm³/mol. The van der Waals surface area contributed by atoms with Crippen LogP contribution in [-0.4, -0.2) is 59.2 Å². The molecule has 2 rings (SSSR count). The molecule has 0 aromatic heterocycles. The molecule has 1 saturated carbocycles. The molecule has 1 aliphatic carbocycles. The number of ether oxygens (including phenoxy) is 4. The maximum atomic E-state index is 12.3. The highest BCUT2D eigenvalue weighted by Gasteiger charge is 2.46. The predicted octanol–water partition coefficient (Wildman–Crippen LogP) is 5.49. The van der Waals surface area contributed by atoms with E-state index in [2.05, 4.69) is 45.7 Å². The van der Waals surface area contributed by atoms with E-state index in [-0.39, 0.29) is 36.3 Å². The first-order valence-corrected chi connectivity index (χ1v) is 15.7. The molecule has 1 aliphatic heterocycles. The van der Waals surface area contributed by atoms with Crippen LogP contribution < -0.4 is 0 Å². The molecule has 7 heteroatoms. The van der Waals surface area contributed by atoms with E-state index in [1.807, 2.05) is 6.92 Å². The topological polar surface area (TPSA) is 63.2 Å². The van der Waals surface area contributed by atoms with E-state index >= 15 is 0 Å². The van der Waals surface area contributed by atoms with Gasteiger partial charge in [0, 0.05) is 37.9 Å². The summed E-state index contributed by atoms with van der Waals surface area (Å²) in [6, 6.07) is 1.12. The van der Waals surface area contributed by atoms with Crippen LogP contribution >= 0.6 is 0 Å². The molecule has 6 atom stereocenters. The Bertz CT molecular complexity index is 628. The monoisotopic (exact) mass is 482 g/mol. The van der Waals surface area contributed by atoms with E-state index in [0.717, 1.165) is 31.9 Å². The molecule has 33 heavy (non-hydrogen) atoms. The summed E-state index contributed by atoms with van der Waals surface area (Å²) in [5, 5.41) is 0. The summed E-state index contributed by atoms with van der Waals surface area (Å²) in [5.74, 6) is 0.467. The summed E-state index contributed by atoms with van der Waals surface area (Å²) in [6.45, 7) is 16.2. The molecular formula is C26H46O6Si. The number of esters is 1. The van der Waals surface area contributed by atoms with Crippen LogP contribution in [0, 0.1) is 17.8 Å². The third kappa shape index (κ3) is 8.94. The summed E-state index contributed by atoms with van der Waals surface area (Å²) in [7, 11) is -0.405. The van der Waals surface area contributed by atoms with Crippen molar-refractivity contribution in [2.75, 3.05) is 20.3 Å². The molecule has 190 valence electrons. The number of carbonyl (C=O) groups excluding carboxylic acids is 1. The lowest BCUT2D eigenvalue weighted by Gasteiger charge is -2.33. The highest BCUT2D eigenvalue weighted by molar-refractivity contribution is 6.71. The number of rotatable bonds is 13. The van der Waals surface area contributed by atoms with Crippen LogP contribution in [0.5, 0.6) is 0 Å². The SMILES string of the molecule is C=CC[C@@H](O[C@H]1C[C@@H](OC2CCCCO2)[C@H](CO[Si](C)(C)CC(C)C)[C@H]1C=CC)C(=O)OC. The van der Waals surface area contributed by atoms with E-state index in [1.54, 1.807) is 6.08 Å². The highest BCUT2D eigenvalue weighted by atomic mass is 28.4. The molecule has 0 bridgehead atoms. The van der Waals surface area contributed by atoms with E-state index < -0.39 is 14.4 Å². The lowest BCUT2D eigenvalue weighted by atomic mass is 9.93. The van der Waals surface area contributed by atoms with Crippen molar-refractivity contribution in [2.24, 2.45) is 17.8 Å². The van der Waals surface area contributed by atoms with Gasteiger partial charge in [0.15, 0.2) is 20.7 Å². The number of carbonyl (C=O) groups is 1. The average Bonchev–Trinajstić information content (AvgIpc) is 3.07. The Hall–Kier alpha value is -0.993. The van der Waals surface area contributed by atoms with Crippen molar-refractivity contribution >= 4 is 14.3 Å². The zero-order chi connectivity index (χ0) is 24.4. The van der Waals surface area contributed by atoms with E-state index in [0.29, 0.717) is 25.4 Å². The van der Waals surface area contributed by atoms with Crippen LogP contribution in [0.4, 0.5) is 0 Å². The van der Waals surface area contributed by atoms with Crippen molar-refractivity contribution in [3.8, 4) is 0 Å². The average molecular weight is 483 g/mol. The van der Waals surface area contributed by atoms with Gasteiger partial charge in [-0.3, -0.25) is 0 Å². The number of allylic oxidation sites excluding steroid dienone is 1. The second kappa shape index (κ2) is 13.8. The van der Waals surface area contributed by atoms with Crippen LogP contribution in [0.2, 0.25) is 19.1 Å². The van der Waals surface area contributed by atoms with E-state index in [4.69, 9.17) is 23.4 Å². The minimum Gasteiger partial charge on any atom is -0.467 e. The summed E-state index contributed by atoms with van der Waals surface area (Å²) in [5.41, 5.74) is 0. The van der Waals surface area contributed by atoms with Gasteiger partial charge in [0.1, 0.15) is 0 Å². The second-order valence-electron chi connectivity index (χ2n) is 10.4. The normalized spacial score (nSPS) is 29.5. The van der Waals surface area contributed by atoms with Crippen LogP contribution in [0.1, 0.15) is 52.9 Å². The molecule has 0 aromatic rings. The van der Waals surface area contributed by atoms with Crippen molar-refractivity contribution < 1.29 is 28.2 Å². The molecule has 0 N–H and O–H groups in total. The molecule has 2 aliphatic rings. The number of hydrogen-bond acceptors (Lipinski definition) is 6. The van der Waals surface area contributed by atoms with Gasteiger partial charge in [-0.05, 0) is 51.2 Å². The van der Waals surface area contributed by atoms with Crippen LogP contribution in [0.3, 0.4) is 0 Å². The zero-order valence-electron chi connectivity index (χ0n) is 21.6. The largest absolute Gasteiger partial charge is 0.467 e. The molecule has 2 fully saturated rings. The van der Waals surface area contributed by atoms with Gasteiger partial charge in [-0.25, -0.2) is 4.79 Å². The molecule has 0 radical (unpaired) electrons. The molecule has 1 unspecified atom stereocenters. The van der Waals surface area contributed by atoms with Crippen molar-refractivity contribution in [1.82, 2.24) is 0 Å². The Labute approximate surface area is 202 Å². The minimum atomic E-state index is -1.80. The zero-order valence-corrected chi connectivity index (χ0v) is 22.6. The van der Waals surface area contributed by atoms with Crippen LogP contribution in [-0.2, 0) is 28.2 Å². The summed E-state index contributed by atoms with van der Waals surface area (Å²) < 4.78 is 30.3. The molecule has 0 aromatic carbocycles. The van der Waals surface area contributed by atoms with Crippen LogP contribution in [0.15, 0.2) is 24.8 Å². The molecule has 0 spiro atoms. The maximum absolute atomic E-state index is 12.3. The molecule has 1 saturated heterocycles.